The molecule has 4 rings (SSSR count). The van der Waals surface area contributed by atoms with Crippen LogP contribution in [-0.2, 0) is 4.79 Å². The van der Waals surface area contributed by atoms with Gasteiger partial charge in [-0.25, -0.2) is 0 Å². The lowest BCUT2D eigenvalue weighted by Crippen LogP contribution is -2.53. The van der Waals surface area contributed by atoms with Crippen LogP contribution >= 0.6 is 0 Å². The van der Waals surface area contributed by atoms with Crippen LogP contribution in [0.2, 0.25) is 0 Å². The molecule has 1 fully saturated rings. The van der Waals surface area contributed by atoms with E-state index >= 15 is 0 Å². The van der Waals surface area contributed by atoms with Gasteiger partial charge in [0.2, 0.25) is 5.91 Å². The summed E-state index contributed by atoms with van der Waals surface area (Å²) in [4.78, 5) is 15.3. The number of hydrogen-bond donors (Lipinski definition) is 2. The molecule has 8 nitrogen and oxygen atoms in total. The number of ether oxygens (including phenoxy) is 4. The maximum absolute atomic E-state index is 12.9. The Balaban J connectivity index is 1.42. The highest BCUT2D eigenvalue weighted by Gasteiger charge is 2.32. The average molecular weight is 499 g/mol. The molecule has 4 atom stereocenters. The van der Waals surface area contributed by atoms with Gasteiger partial charge in [0.25, 0.3) is 0 Å². The first-order valence-electron chi connectivity index (χ1n) is 12.8. The molecule has 0 bridgehead atoms. The summed E-state index contributed by atoms with van der Waals surface area (Å²) >= 11 is 0. The third-order valence-electron chi connectivity index (χ3n) is 7.08. The van der Waals surface area contributed by atoms with E-state index in [2.05, 4.69) is 24.1 Å². The van der Waals surface area contributed by atoms with E-state index in [1.54, 1.807) is 7.11 Å². The van der Waals surface area contributed by atoms with Crippen molar-refractivity contribution < 1.29 is 28.8 Å². The molecule has 0 aromatic heterocycles. The third kappa shape index (κ3) is 6.62. The van der Waals surface area contributed by atoms with Crippen LogP contribution in [0.3, 0.4) is 0 Å². The molecule has 36 heavy (non-hydrogen) atoms. The summed E-state index contributed by atoms with van der Waals surface area (Å²) in [6.45, 7) is 6.21. The summed E-state index contributed by atoms with van der Waals surface area (Å²) < 4.78 is 22.2. The molecule has 1 saturated heterocycles. The van der Waals surface area contributed by atoms with Crippen LogP contribution in [0.25, 0.3) is 0 Å². The first-order valence-corrected chi connectivity index (χ1v) is 12.8. The van der Waals surface area contributed by atoms with E-state index in [1.165, 1.54) is 6.42 Å². The summed E-state index contributed by atoms with van der Waals surface area (Å²) in [7, 11) is 1.61. The zero-order valence-corrected chi connectivity index (χ0v) is 21.4. The Morgan fingerprint density at radius 1 is 1.06 bits per heavy atom. The number of rotatable bonds is 10. The second kappa shape index (κ2) is 12.3. The molecule has 2 aliphatic heterocycles. The van der Waals surface area contributed by atoms with Crippen molar-refractivity contribution in [2.45, 2.75) is 63.8 Å². The summed E-state index contributed by atoms with van der Waals surface area (Å²) in [5.41, 5.74) is 0.691. The predicted molar refractivity (Wildman–Crippen MR) is 137 cm³/mol. The van der Waals surface area contributed by atoms with E-state index in [1.807, 2.05) is 42.5 Å². The van der Waals surface area contributed by atoms with E-state index in [9.17, 15) is 9.90 Å². The van der Waals surface area contributed by atoms with Gasteiger partial charge >= 0.3 is 0 Å². The normalized spacial score (nSPS) is 21.3. The highest BCUT2D eigenvalue weighted by molar-refractivity contribution is 5.76. The number of methoxy groups -OCH3 is 1. The number of fused-ring (bicyclic) bond motifs is 1. The molecule has 1 amide bonds. The Hall–Kier alpha value is -2.97. The first kappa shape index (κ1) is 26.1. The SMILES string of the molecule is COc1ccc(OCCC(=O)N[C@H](CN2C(C)CCCC2C)[C@@H](O)c2ccc3c(c2)OCCO3)cc1. The van der Waals surface area contributed by atoms with E-state index in [0.29, 0.717) is 54.7 Å². The number of carbonyl (C=O) groups is 1. The monoisotopic (exact) mass is 498 g/mol. The van der Waals surface area contributed by atoms with Crippen LogP contribution in [0.5, 0.6) is 23.0 Å². The second-order valence-electron chi connectivity index (χ2n) is 9.62. The molecule has 8 heteroatoms. The Morgan fingerprint density at radius 2 is 1.72 bits per heavy atom. The Bertz CT molecular complexity index is 988. The van der Waals surface area contributed by atoms with Gasteiger partial charge in [0.05, 0.1) is 26.2 Å². The Kier molecular flexibility index (Phi) is 8.93. The summed E-state index contributed by atoms with van der Waals surface area (Å²) in [6.07, 6.45) is 2.71. The molecule has 196 valence electrons. The molecule has 0 radical (unpaired) electrons. The number of carbonyl (C=O) groups excluding carboxylic acids is 1. The topological polar surface area (TPSA) is 89.5 Å². The largest absolute Gasteiger partial charge is 0.497 e. The number of hydrogen-bond acceptors (Lipinski definition) is 7. The molecule has 0 spiro atoms. The van der Waals surface area contributed by atoms with E-state index < -0.39 is 12.1 Å². The van der Waals surface area contributed by atoms with Crippen LogP contribution in [0.4, 0.5) is 0 Å². The number of aliphatic hydroxyl groups is 1. The number of likely N-dealkylation sites (tertiary alicyclic amines) is 1. The number of nitrogens with zero attached hydrogens (tertiary/aromatic N) is 1. The molecule has 2 aromatic rings. The van der Waals surface area contributed by atoms with Crippen LogP contribution in [0.1, 0.15) is 51.2 Å². The molecule has 2 unspecified atom stereocenters. The van der Waals surface area contributed by atoms with Gasteiger partial charge in [-0.2, -0.15) is 0 Å². The molecule has 0 saturated carbocycles. The van der Waals surface area contributed by atoms with Crippen molar-refractivity contribution >= 4 is 5.91 Å². The van der Waals surface area contributed by atoms with Crippen LogP contribution < -0.4 is 24.3 Å². The number of amides is 1. The third-order valence-corrected chi connectivity index (χ3v) is 7.08. The zero-order valence-electron chi connectivity index (χ0n) is 21.4. The number of benzene rings is 2. The molecule has 0 aliphatic carbocycles. The smallest absolute Gasteiger partial charge is 0.223 e. The fourth-order valence-corrected chi connectivity index (χ4v) is 4.97. The van der Waals surface area contributed by atoms with Crippen LogP contribution in [-0.4, -0.2) is 67.5 Å². The van der Waals surface area contributed by atoms with Gasteiger partial charge in [-0.3, -0.25) is 9.69 Å². The van der Waals surface area contributed by atoms with Gasteiger partial charge in [-0.05, 0) is 68.7 Å². The van der Waals surface area contributed by atoms with Crippen LogP contribution in [0.15, 0.2) is 42.5 Å². The van der Waals surface area contributed by atoms with Crippen molar-refractivity contribution in [2.75, 3.05) is 33.5 Å². The van der Waals surface area contributed by atoms with Gasteiger partial charge in [0.1, 0.15) is 30.8 Å². The van der Waals surface area contributed by atoms with Crippen molar-refractivity contribution in [3.63, 3.8) is 0 Å². The van der Waals surface area contributed by atoms with E-state index in [0.717, 1.165) is 18.6 Å². The molecule has 2 aromatic carbocycles. The second-order valence-corrected chi connectivity index (χ2v) is 9.62. The van der Waals surface area contributed by atoms with Crippen LogP contribution in [0, 0.1) is 0 Å². The summed E-state index contributed by atoms with van der Waals surface area (Å²) in [5.74, 6) is 2.55. The van der Waals surface area contributed by atoms with E-state index in [-0.39, 0.29) is 18.9 Å². The zero-order chi connectivity index (χ0) is 25.5. The van der Waals surface area contributed by atoms with Gasteiger partial charge < -0.3 is 29.4 Å². The minimum atomic E-state index is -0.895. The van der Waals surface area contributed by atoms with E-state index in [4.69, 9.17) is 18.9 Å². The minimum absolute atomic E-state index is 0.164. The molecular formula is C28H38N2O6. The average Bonchev–Trinajstić information content (AvgIpc) is 2.90. The molecule has 2 N–H and O–H groups in total. The first-order chi connectivity index (χ1) is 17.4. The lowest BCUT2D eigenvalue weighted by molar-refractivity contribution is -0.123. The summed E-state index contributed by atoms with van der Waals surface area (Å²) in [6, 6.07) is 13.0. The van der Waals surface area contributed by atoms with Gasteiger partial charge in [-0.15, -0.1) is 0 Å². The molecular weight excluding hydrogens is 460 g/mol. The van der Waals surface area contributed by atoms with Gasteiger partial charge in [0.15, 0.2) is 11.5 Å². The Labute approximate surface area is 213 Å². The number of nitrogens with one attached hydrogen (secondary N) is 1. The molecule has 2 aliphatic rings. The number of aliphatic hydroxyl groups excluding tert-OH is 1. The molecule has 2 heterocycles. The fraction of sp³-hybridized carbons (Fsp3) is 0.536. The quantitative estimate of drug-likeness (QED) is 0.516. The maximum Gasteiger partial charge on any atom is 0.223 e. The standard InChI is InChI=1S/C28H38N2O6/c1-19-5-4-6-20(2)30(19)18-24(28(32)21-7-12-25-26(17-21)36-16-15-35-25)29-27(31)13-14-34-23-10-8-22(33-3)9-11-23/h7-12,17,19-20,24,28,32H,4-6,13-16,18H2,1-3H3,(H,29,31)/t19?,20?,24-,28+/m1/s1. The van der Waals surface area contributed by atoms with Crippen molar-refractivity contribution in [1.29, 1.82) is 0 Å². The lowest BCUT2D eigenvalue weighted by Gasteiger charge is -2.42. The number of piperidine rings is 1. The maximum atomic E-state index is 12.9. The predicted octanol–water partition coefficient (Wildman–Crippen LogP) is 3.72. The van der Waals surface area contributed by atoms with Gasteiger partial charge in [-0.1, -0.05) is 12.5 Å². The van der Waals surface area contributed by atoms with Crippen molar-refractivity contribution in [2.24, 2.45) is 0 Å². The lowest BCUT2D eigenvalue weighted by atomic mass is 9.94. The fourth-order valence-electron chi connectivity index (χ4n) is 4.97. The van der Waals surface area contributed by atoms with Crippen molar-refractivity contribution in [1.82, 2.24) is 10.2 Å². The van der Waals surface area contributed by atoms with Crippen molar-refractivity contribution in [3.8, 4) is 23.0 Å². The highest BCUT2D eigenvalue weighted by atomic mass is 16.6. The highest BCUT2D eigenvalue weighted by Crippen LogP contribution is 2.34. The van der Waals surface area contributed by atoms with Crippen molar-refractivity contribution in [3.05, 3.63) is 48.0 Å². The minimum Gasteiger partial charge on any atom is -0.497 e. The Morgan fingerprint density at radius 3 is 2.42 bits per heavy atom. The van der Waals surface area contributed by atoms with Gasteiger partial charge in [0, 0.05) is 18.6 Å². The summed E-state index contributed by atoms with van der Waals surface area (Å²) in [5, 5.41) is 14.5.